The molecular formula is C18H23NO4. The van der Waals surface area contributed by atoms with Gasteiger partial charge in [-0.25, -0.2) is 0 Å². The van der Waals surface area contributed by atoms with Crippen LogP contribution in [-0.4, -0.2) is 30.6 Å². The number of aliphatic carboxylic acids is 1. The number of methoxy groups -OCH3 is 1. The van der Waals surface area contributed by atoms with Crippen molar-refractivity contribution in [3.8, 4) is 5.75 Å². The Labute approximate surface area is 136 Å². The lowest BCUT2D eigenvalue weighted by Gasteiger charge is -2.31. The van der Waals surface area contributed by atoms with Gasteiger partial charge in [-0.3, -0.25) is 9.59 Å². The predicted molar refractivity (Wildman–Crippen MR) is 85.5 cm³/mol. The van der Waals surface area contributed by atoms with Crippen LogP contribution in [0.15, 0.2) is 24.3 Å². The highest BCUT2D eigenvalue weighted by Gasteiger charge is 2.57. The zero-order valence-electron chi connectivity index (χ0n) is 13.4. The average molecular weight is 317 g/mol. The standard InChI is InChI=1S/C18H23NO4/c1-23-14-7-3-2-6-13(14)17(8-4-5-9-17)12-19-15(20)18(10-11-18)16(21)22/h2-3,6-7H,4-5,8-12H2,1H3,(H,19,20)(H,21,22). The third-order valence-electron chi connectivity index (χ3n) is 5.42. The van der Waals surface area contributed by atoms with Crippen molar-refractivity contribution in [1.82, 2.24) is 5.32 Å². The van der Waals surface area contributed by atoms with Crippen LogP contribution in [0.1, 0.15) is 44.1 Å². The summed E-state index contributed by atoms with van der Waals surface area (Å²) in [6.45, 7) is 0.473. The molecule has 0 radical (unpaired) electrons. The van der Waals surface area contributed by atoms with Crippen LogP contribution in [0.4, 0.5) is 0 Å². The number of carboxylic acids is 1. The van der Waals surface area contributed by atoms with E-state index in [0.717, 1.165) is 37.0 Å². The third kappa shape index (κ3) is 2.69. The lowest BCUT2D eigenvalue weighted by molar-refractivity contribution is -0.149. The van der Waals surface area contributed by atoms with Gasteiger partial charge in [0, 0.05) is 17.5 Å². The van der Waals surface area contributed by atoms with Crippen molar-refractivity contribution < 1.29 is 19.4 Å². The van der Waals surface area contributed by atoms with Crippen LogP contribution < -0.4 is 10.1 Å². The zero-order valence-corrected chi connectivity index (χ0v) is 13.4. The monoisotopic (exact) mass is 317 g/mol. The molecule has 0 heterocycles. The number of hydrogen-bond acceptors (Lipinski definition) is 3. The number of hydrogen-bond donors (Lipinski definition) is 2. The summed E-state index contributed by atoms with van der Waals surface area (Å²) in [5.74, 6) is -0.512. The number of carbonyl (C=O) groups excluding carboxylic acids is 1. The van der Waals surface area contributed by atoms with Crippen LogP contribution in [0.3, 0.4) is 0 Å². The summed E-state index contributed by atoms with van der Waals surface area (Å²) in [5.41, 5.74) is -0.224. The van der Waals surface area contributed by atoms with E-state index in [4.69, 9.17) is 4.74 Å². The van der Waals surface area contributed by atoms with E-state index in [9.17, 15) is 14.7 Å². The summed E-state index contributed by atoms with van der Waals surface area (Å²) in [7, 11) is 1.66. The Morgan fingerprint density at radius 1 is 1.17 bits per heavy atom. The summed E-state index contributed by atoms with van der Waals surface area (Å²) in [6.07, 6.45) is 5.06. The highest BCUT2D eigenvalue weighted by molar-refractivity contribution is 6.04. The van der Waals surface area contributed by atoms with E-state index in [1.54, 1.807) is 7.11 Å². The second-order valence-corrected chi connectivity index (χ2v) is 6.76. The largest absolute Gasteiger partial charge is 0.496 e. The maximum Gasteiger partial charge on any atom is 0.319 e. The Hall–Kier alpha value is -2.04. The minimum Gasteiger partial charge on any atom is -0.496 e. The number of carboxylic acid groups (broad SMARTS) is 1. The van der Waals surface area contributed by atoms with E-state index >= 15 is 0 Å². The Balaban J connectivity index is 1.80. The summed E-state index contributed by atoms with van der Waals surface area (Å²) >= 11 is 0. The zero-order chi connectivity index (χ0) is 16.5. The quantitative estimate of drug-likeness (QED) is 0.790. The van der Waals surface area contributed by atoms with E-state index in [1.807, 2.05) is 18.2 Å². The van der Waals surface area contributed by atoms with Gasteiger partial charge < -0.3 is 15.2 Å². The van der Waals surface area contributed by atoms with Crippen LogP contribution in [0, 0.1) is 5.41 Å². The Morgan fingerprint density at radius 3 is 2.39 bits per heavy atom. The molecular weight excluding hydrogens is 294 g/mol. The van der Waals surface area contributed by atoms with Crippen molar-refractivity contribution in [3.63, 3.8) is 0 Å². The minimum atomic E-state index is -1.18. The summed E-state index contributed by atoms with van der Waals surface area (Å²) in [4.78, 5) is 23.6. The predicted octanol–water partition coefficient (Wildman–Crippen LogP) is 2.49. The van der Waals surface area contributed by atoms with Crippen LogP contribution in [0.5, 0.6) is 5.75 Å². The van der Waals surface area contributed by atoms with Crippen molar-refractivity contribution in [3.05, 3.63) is 29.8 Å². The summed E-state index contributed by atoms with van der Waals surface area (Å²) in [5, 5.41) is 12.2. The van der Waals surface area contributed by atoms with Gasteiger partial charge >= 0.3 is 5.97 Å². The first-order valence-electron chi connectivity index (χ1n) is 8.19. The SMILES string of the molecule is COc1ccccc1C1(CNC(=O)C2(C(=O)O)CC2)CCCC1. The molecule has 5 nitrogen and oxygen atoms in total. The molecule has 0 aromatic heterocycles. The van der Waals surface area contributed by atoms with E-state index in [-0.39, 0.29) is 11.3 Å². The molecule has 2 N–H and O–H groups in total. The van der Waals surface area contributed by atoms with Gasteiger partial charge in [0.05, 0.1) is 7.11 Å². The second kappa shape index (κ2) is 5.87. The number of ether oxygens (including phenoxy) is 1. The van der Waals surface area contributed by atoms with E-state index in [2.05, 4.69) is 11.4 Å². The molecule has 0 atom stereocenters. The van der Waals surface area contributed by atoms with Gasteiger partial charge in [0.1, 0.15) is 11.2 Å². The van der Waals surface area contributed by atoms with Gasteiger partial charge in [0.15, 0.2) is 0 Å². The molecule has 124 valence electrons. The highest BCUT2D eigenvalue weighted by Crippen LogP contribution is 2.47. The fourth-order valence-electron chi connectivity index (χ4n) is 3.76. The molecule has 2 fully saturated rings. The van der Waals surface area contributed by atoms with Gasteiger partial charge in [-0.1, -0.05) is 31.0 Å². The van der Waals surface area contributed by atoms with Gasteiger partial charge in [0.25, 0.3) is 0 Å². The molecule has 1 aromatic rings. The van der Waals surface area contributed by atoms with Gasteiger partial charge in [-0.05, 0) is 31.7 Å². The molecule has 2 saturated carbocycles. The first kappa shape index (κ1) is 15.8. The topological polar surface area (TPSA) is 75.6 Å². The van der Waals surface area contributed by atoms with Crippen molar-refractivity contribution in [2.75, 3.05) is 13.7 Å². The van der Waals surface area contributed by atoms with E-state index in [1.165, 1.54) is 0 Å². The fourth-order valence-corrected chi connectivity index (χ4v) is 3.76. The van der Waals surface area contributed by atoms with Crippen molar-refractivity contribution in [2.45, 2.75) is 43.9 Å². The van der Waals surface area contributed by atoms with Crippen LogP contribution in [-0.2, 0) is 15.0 Å². The van der Waals surface area contributed by atoms with Crippen molar-refractivity contribution in [2.24, 2.45) is 5.41 Å². The maximum atomic E-state index is 12.3. The smallest absolute Gasteiger partial charge is 0.319 e. The van der Waals surface area contributed by atoms with E-state index in [0.29, 0.717) is 19.4 Å². The van der Waals surface area contributed by atoms with Gasteiger partial charge in [-0.2, -0.15) is 0 Å². The first-order chi connectivity index (χ1) is 11.0. The number of nitrogens with one attached hydrogen (secondary N) is 1. The first-order valence-corrected chi connectivity index (χ1v) is 8.19. The van der Waals surface area contributed by atoms with Crippen LogP contribution in [0.25, 0.3) is 0 Å². The molecule has 1 aromatic carbocycles. The number of benzene rings is 1. The molecule has 0 bridgehead atoms. The molecule has 1 amide bonds. The van der Waals surface area contributed by atoms with Crippen LogP contribution >= 0.6 is 0 Å². The molecule has 2 aliphatic rings. The molecule has 0 aliphatic heterocycles. The molecule has 0 saturated heterocycles. The Kier molecular flexibility index (Phi) is 4.04. The van der Waals surface area contributed by atoms with E-state index < -0.39 is 11.4 Å². The summed E-state index contributed by atoms with van der Waals surface area (Å²) in [6, 6.07) is 7.92. The molecule has 0 spiro atoms. The van der Waals surface area contributed by atoms with Gasteiger partial charge in [0.2, 0.25) is 5.91 Å². The maximum absolute atomic E-state index is 12.3. The molecule has 0 unspecified atom stereocenters. The average Bonchev–Trinajstić information content (AvgIpc) is 3.26. The van der Waals surface area contributed by atoms with Crippen molar-refractivity contribution >= 4 is 11.9 Å². The highest BCUT2D eigenvalue weighted by atomic mass is 16.5. The molecule has 3 rings (SSSR count). The lowest BCUT2D eigenvalue weighted by Crippen LogP contribution is -2.44. The Morgan fingerprint density at radius 2 is 1.83 bits per heavy atom. The lowest BCUT2D eigenvalue weighted by atomic mass is 9.78. The fraction of sp³-hybridized carbons (Fsp3) is 0.556. The minimum absolute atomic E-state index is 0.156. The second-order valence-electron chi connectivity index (χ2n) is 6.76. The number of carbonyl (C=O) groups is 2. The Bertz CT molecular complexity index is 615. The third-order valence-corrected chi connectivity index (χ3v) is 5.42. The summed E-state index contributed by atoms with van der Waals surface area (Å²) < 4.78 is 5.50. The normalized spacial score (nSPS) is 20.7. The van der Waals surface area contributed by atoms with Crippen LogP contribution in [0.2, 0.25) is 0 Å². The molecule has 23 heavy (non-hydrogen) atoms. The van der Waals surface area contributed by atoms with Crippen molar-refractivity contribution in [1.29, 1.82) is 0 Å². The molecule has 2 aliphatic carbocycles. The number of amides is 1. The van der Waals surface area contributed by atoms with Gasteiger partial charge in [-0.15, -0.1) is 0 Å². The number of para-hydroxylation sites is 1. The molecule has 5 heteroatoms. The number of rotatable bonds is 6.